The molecule has 3 aromatic rings. The Balaban J connectivity index is 2.65. The van der Waals surface area contributed by atoms with Gasteiger partial charge in [0.05, 0.1) is 28.3 Å². The van der Waals surface area contributed by atoms with Gasteiger partial charge in [-0.05, 0) is 12.1 Å². The Morgan fingerprint density at radius 3 is 2.80 bits per heavy atom. The van der Waals surface area contributed by atoms with Crippen LogP contribution in [-0.2, 0) is 0 Å². The lowest BCUT2D eigenvalue weighted by Crippen LogP contribution is -2.21. The lowest BCUT2D eigenvalue weighted by atomic mass is 10.2. The molecule has 0 radical (unpaired) electrons. The zero-order valence-corrected chi connectivity index (χ0v) is 7.50. The maximum Gasteiger partial charge on any atom is 0.326 e. The van der Waals surface area contributed by atoms with Crippen LogP contribution in [0, 0.1) is 0 Å². The number of benzene rings is 1. The molecule has 2 heterocycles. The largest absolute Gasteiger partial charge is 0.345 e. The predicted molar refractivity (Wildman–Crippen MR) is 54.8 cm³/mol. The molecule has 0 atom stereocenters. The van der Waals surface area contributed by atoms with Crippen molar-refractivity contribution in [3.8, 4) is 0 Å². The van der Waals surface area contributed by atoms with Gasteiger partial charge >= 0.3 is 5.69 Å². The van der Waals surface area contributed by atoms with E-state index in [9.17, 15) is 9.59 Å². The van der Waals surface area contributed by atoms with Crippen molar-refractivity contribution in [2.75, 3.05) is 0 Å². The van der Waals surface area contributed by atoms with E-state index in [1.807, 2.05) is 0 Å². The van der Waals surface area contributed by atoms with Gasteiger partial charge in [0.1, 0.15) is 0 Å². The Bertz CT molecular complexity index is 765. The lowest BCUT2D eigenvalue weighted by molar-refractivity contribution is 1.08. The number of nitrogens with one attached hydrogen (secondary N) is 3. The zero-order valence-electron chi connectivity index (χ0n) is 7.50. The highest BCUT2D eigenvalue weighted by Crippen LogP contribution is 2.14. The number of aromatic nitrogens is 4. The Labute approximate surface area is 82.0 Å². The minimum atomic E-state index is -0.508. The Morgan fingerprint density at radius 1 is 1.07 bits per heavy atom. The zero-order chi connectivity index (χ0) is 10.4. The van der Waals surface area contributed by atoms with E-state index in [1.54, 1.807) is 12.1 Å². The highest BCUT2D eigenvalue weighted by Gasteiger charge is 2.03. The van der Waals surface area contributed by atoms with Crippen molar-refractivity contribution in [1.29, 1.82) is 0 Å². The van der Waals surface area contributed by atoms with Crippen LogP contribution in [0.3, 0.4) is 0 Å². The maximum atomic E-state index is 11.5. The molecule has 0 amide bonds. The first-order valence-corrected chi connectivity index (χ1v) is 4.33. The first kappa shape index (κ1) is 7.98. The molecule has 0 aliphatic heterocycles. The van der Waals surface area contributed by atoms with Gasteiger partial charge in [-0.15, -0.1) is 0 Å². The molecule has 0 aliphatic carbocycles. The molecule has 15 heavy (non-hydrogen) atoms. The van der Waals surface area contributed by atoms with E-state index in [4.69, 9.17) is 0 Å². The summed E-state index contributed by atoms with van der Waals surface area (Å²) in [5, 5.41) is 0.425. The highest BCUT2D eigenvalue weighted by molar-refractivity contribution is 5.92. The van der Waals surface area contributed by atoms with Gasteiger partial charge in [0.2, 0.25) is 0 Å². The molecule has 0 saturated heterocycles. The van der Waals surface area contributed by atoms with Gasteiger partial charge in [-0.25, -0.2) is 9.78 Å². The molecule has 2 aromatic heterocycles. The fraction of sp³-hybridized carbons (Fsp3) is 0. The number of imidazole rings is 1. The summed E-state index contributed by atoms with van der Waals surface area (Å²) in [6, 6.07) is 3.32. The van der Waals surface area contributed by atoms with Gasteiger partial charge in [0, 0.05) is 0 Å². The van der Waals surface area contributed by atoms with Crippen LogP contribution in [0.5, 0.6) is 0 Å². The molecule has 3 rings (SSSR count). The number of aromatic amines is 3. The molecular weight excluding hydrogens is 196 g/mol. The summed E-state index contributed by atoms with van der Waals surface area (Å²) in [7, 11) is 0. The van der Waals surface area contributed by atoms with Gasteiger partial charge in [0.25, 0.3) is 5.56 Å². The number of nitrogens with zero attached hydrogens (tertiary/aromatic N) is 1. The second-order valence-electron chi connectivity index (χ2n) is 3.23. The molecule has 1 aromatic carbocycles. The maximum absolute atomic E-state index is 11.5. The number of H-pyrrole nitrogens is 3. The van der Waals surface area contributed by atoms with Crippen LogP contribution in [0.4, 0.5) is 0 Å². The molecule has 6 heteroatoms. The topological polar surface area (TPSA) is 94.4 Å². The van der Waals surface area contributed by atoms with Crippen LogP contribution in [-0.4, -0.2) is 19.9 Å². The van der Waals surface area contributed by atoms with Gasteiger partial charge in [-0.1, -0.05) is 0 Å². The Hall–Kier alpha value is -2.37. The fourth-order valence-corrected chi connectivity index (χ4v) is 1.60. The quantitative estimate of drug-likeness (QED) is 0.482. The summed E-state index contributed by atoms with van der Waals surface area (Å²) in [6.45, 7) is 0. The highest BCUT2D eigenvalue weighted by atomic mass is 16.2. The van der Waals surface area contributed by atoms with Crippen molar-refractivity contribution in [2.45, 2.75) is 0 Å². The van der Waals surface area contributed by atoms with E-state index in [1.165, 1.54) is 6.33 Å². The third-order valence-corrected chi connectivity index (χ3v) is 2.28. The molecular formula is C9H6N4O2. The average molecular weight is 202 g/mol. The van der Waals surface area contributed by atoms with Crippen molar-refractivity contribution >= 4 is 21.9 Å². The second-order valence-corrected chi connectivity index (χ2v) is 3.23. The predicted octanol–water partition coefficient (Wildman–Crippen LogP) is 0.0927. The third kappa shape index (κ3) is 1.08. The molecule has 6 nitrogen and oxygen atoms in total. The van der Waals surface area contributed by atoms with Crippen LogP contribution < -0.4 is 11.2 Å². The summed E-state index contributed by atoms with van der Waals surface area (Å²) in [4.78, 5) is 34.1. The van der Waals surface area contributed by atoms with E-state index in [2.05, 4.69) is 19.9 Å². The Kier molecular flexibility index (Phi) is 1.37. The molecule has 0 bridgehead atoms. The number of fused-ring (bicyclic) bond motifs is 2. The standard InChI is InChI=1S/C9H6N4O2/c14-8-4-1-6-7(11-3-10-6)2-5(4)12-9(15)13-8/h1-3H,(H,10,11)(H2,12,13,14,15). The van der Waals surface area contributed by atoms with Crippen LogP contribution in [0.1, 0.15) is 0 Å². The van der Waals surface area contributed by atoms with E-state index in [0.717, 1.165) is 5.52 Å². The molecule has 0 unspecified atom stereocenters. The van der Waals surface area contributed by atoms with Crippen LogP contribution >= 0.6 is 0 Å². The molecule has 0 fully saturated rings. The molecule has 74 valence electrons. The third-order valence-electron chi connectivity index (χ3n) is 2.28. The summed E-state index contributed by atoms with van der Waals surface area (Å²) >= 11 is 0. The van der Waals surface area contributed by atoms with Gasteiger partial charge in [-0.3, -0.25) is 9.78 Å². The first-order chi connectivity index (χ1) is 7.24. The minimum absolute atomic E-state index is 0.404. The molecule has 0 aliphatic rings. The molecule has 3 N–H and O–H groups in total. The normalized spacial score (nSPS) is 11.2. The van der Waals surface area contributed by atoms with E-state index in [-0.39, 0.29) is 0 Å². The summed E-state index contributed by atoms with van der Waals surface area (Å²) in [5.41, 5.74) is 1.06. The summed E-state index contributed by atoms with van der Waals surface area (Å²) < 4.78 is 0. The van der Waals surface area contributed by atoms with Crippen LogP contribution in [0.25, 0.3) is 21.9 Å². The van der Waals surface area contributed by atoms with Gasteiger partial charge < -0.3 is 9.97 Å². The summed E-state index contributed by atoms with van der Waals surface area (Å²) in [5.74, 6) is 0. The first-order valence-electron chi connectivity index (χ1n) is 4.33. The minimum Gasteiger partial charge on any atom is -0.345 e. The van der Waals surface area contributed by atoms with Gasteiger partial charge in [-0.2, -0.15) is 0 Å². The van der Waals surface area contributed by atoms with Crippen molar-refractivity contribution in [3.63, 3.8) is 0 Å². The van der Waals surface area contributed by atoms with E-state index >= 15 is 0 Å². The van der Waals surface area contributed by atoms with E-state index < -0.39 is 11.2 Å². The average Bonchev–Trinajstić information content (AvgIpc) is 2.61. The van der Waals surface area contributed by atoms with Crippen molar-refractivity contribution in [3.05, 3.63) is 39.3 Å². The van der Waals surface area contributed by atoms with Crippen molar-refractivity contribution < 1.29 is 0 Å². The number of rotatable bonds is 0. The van der Waals surface area contributed by atoms with Crippen molar-refractivity contribution in [1.82, 2.24) is 19.9 Å². The van der Waals surface area contributed by atoms with Crippen LogP contribution in [0.2, 0.25) is 0 Å². The van der Waals surface area contributed by atoms with E-state index in [0.29, 0.717) is 16.4 Å². The fourth-order valence-electron chi connectivity index (χ4n) is 1.60. The smallest absolute Gasteiger partial charge is 0.326 e. The molecule has 0 spiro atoms. The van der Waals surface area contributed by atoms with Crippen LogP contribution in [0.15, 0.2) is 28.0 Å². The summed E-state index contributed by atoms with van der Waals surface area (Å²) in [6.07, 6.45) is 1.54. The van der Waals surface area contributed by atoms with Crippen molar-refractivity contribution in [2.24, 2.45) is 0 Å². The molecule has 0 saturated carbocycles. The van der Waals surface area contributed by atoms with Gasteiger partial charge in [0.15, 0.2) is 0 Å². The number of hydrogen-bond acceptors (Lipinski definition) is 3. The Morgan fingerprint density at radius 2 is 1.93 bits per heavy atom. The monoisotopic (exact) mass is 202 g/mol. The lowest BCUT2D eigenvalue weighted by Gasteiger charge is -1.95. The number of hydrogen-bond donors (Lipinski definition) is 3. The SMILES string of the molecule is O=c1[nH]c(=O)c2cc3nc[nH]c3cc2[nH]1. The second kappa shape index (κ2) is 2.57.